The zero-order valence-corrected chi connectivity index (χ0v) is 13.0. The van der Waals surface area contributed by atoms with Crippen LogP contribution < -0.4 is 5.32 Å². The third-order valence-electron chi connectivity index (χ3n) is 5.45. The van der Waals surface area contributed by atoms with Gasteiger partial charge < -0.3 is 4.90 Å². The van der Waals surface area contributed by atoms with E-state index >= 15 is 0 Å². The molecule has 1 spiro atoms. The third kappa shape index (κ3) is 2.04. The van der Waals surface area contributed by atoms with E-state index < -0.39 is 0 Å². The van der Waals surface area contributed by atoms with E-state index in [0.29, 0.717) is 17.7 Å². The molecule has 0 radical (unpaired) electrons. The molecule has 1 saturated heterocycles. The summed E-state index contributed by atoms with van der Waals surface area (Å²) in [7, 11) is 0. The summed E-state index contributed by atoms with van der Waals surface area (Å²) < 4.78 is 0. The van der Waals surface area contributed by atoms with Crippen molar-refractivity contribution in [1.29, 1.82) is 5.41 Å². The molecule has 0 aromatic heterocycles. The topological polar surface area (TPSA) is 56.2 Å². The van der Waals surface area contributed by atoms with E-state index in [9.17, 15) is 4.79 Å². The van der Waals surface area contributed by atoms with Crippen LogP contribution in [0.4, 0.5) is 4.79 Å². The van der Waals surface area contributed by atoms with Crippen molar-refractivity contribution in [3.05, 3.63) is 0 Å². The van der Waals surface area contributed by atoms with Crippen LogP contribution in [0.1, 0.15) is 59.3 Å². The van der Waals surface area contributed by atoms with E-state index in [2.05, 4.69) is 26.1 Å². The molecule has 3 fully saturated rings. The summed E-state index contributed by atoms with van der Waals surface area (Å²) in [6.07, 6.45) is 6.93. The Hall–Kier alpha value is -1.06. The van der Waals surface area contributed by atoms with Crippen LogP contribution in [-0.4, -0.2) is 28.9 Å². The lowest BCUT2D eigenvalue weighted by molar-refractivity contribution is 0.0316. The number of hydrogen-bond acceptors (Lipinski definition) is 2. The second-order valence-corrected chi connectivity index (χ2v) is 7.95. The van der Waals surface area contributed by atoms with E-state index in [0.717, 1.165) is 25.8 Å². The third-order valence-corrected chi connectivity index (χ3v) is 5.45. The first-order valence-electron chi connectivity index (χ1n) is 8.03. The van der Waals surface area contributed by atoms with Gasteiger partial charge in [0.2, 0.25) is 0 Å². The summed E-state index contributed by atoms with van der Waals surface area (Å²) in [5, 5.41) is 11.3. The first-order valence-corrected chi connectivity index (χ1v) is 8.03. The first kappa shape index (κ1) is 13.9. The SMILES string of the molecule is CC(C)(C)C1CCCCC12C(=N)NC(=O)N2CC1CC1. The molecule has 4 nitrogen and oxygen atoms in total. The van der Waals surface area contributed by atoms with Gasteiger partial charge in [0, 0.05) is 6.54 Å². The van der Waals surface area contributed by atoms with Crippen molar-refractivity contribution < 1.29 is 4.79 Å². The fourth-order valence-corrected chi connectivity index (χ4v) is 4.33. The summed E-state index contributed by atoms with van der Waals surface area (Å²) in [4.78, 5) is 14.4. The van der Waals surface area contributed by atoms with Crippen LogP contribution in [0.25, 0.3) is 0 Å². The molecule has 2 unspecified atom stereocenters. The highest BCUT2D eigenvalue weighted by Crippen LogP contribution is 2.50. The smallest absolute Gasteiger partial charge is 0.311 e. The molecule has 0 bridgehead atoms. The number of hydrogen-bond donors (Lipinski definition) is 2. The summed E-state index contributed by atoms with van der Waals surface area (Å²) in [6.45, 7) is 7.63. The van der Waals surface area contributed by atoms with Gasteiger partial charge in [-0.15, -0.1) is 0 Å². The van der Waals surface area contributed by atoms with Gasteiger partial charge in [0.05, 0.1) is 0 Å². The maximum atomic E-state index is 12.4. The van der Waals surface area contributed by atoms with Crippen molar-refractivity contribution in [3.8, 4) is 0 Å². The van der Waals surface area contributed by atoms with Gasteiger partial charge in [0.25, 0.3) is 0 Å². The van der Waals surface area contributed by atoms with Crippen LogP contribution in [0, 0.1) is 22.7 Å². The maximum absolute atomic E-state index is 12.4. The van der Waals surface area contributed by atoms with Gasteiger partial charge in [-0.05, 0) is 42.9 Å². The van der Waals surface area contributed by atoms with Crippen LogP contribution in [0.2, 0.25) is 0 Å². The Labute approximate surface area is 121 Å². The molecule has 112 valence electrons. The molecular weight excluding hydrogens is 250 g/mol. The Balaban J connectivity index is 1.98. The highest BCUT2D eigenvalue weighted by Gasteiger charge is 2.58. The molecule has 0 aromatic carbocycles. The Morgan fingerprint density at radius 3 is 2.60 bits per heavy atom. The fourth-order valence-electron chi connectivity index (χ4n) is 4.33. The molecule has 2 amide bonds. The van der Waals surface area contributed by atoms with Gasteiger partial charge in [-0.3, -0.25) is 10.7 Å². The molecule has 4 heteroatoms. The van der Waals surface area contributed by atoms with E-state index in [1.54, 1.807) is 0 Å². The maximum Gasteiger partial charge on any atom is 0.323 e. The monoisotopic (exact) mass is 277 g/mol. The second kappa shape index (κ2) is 4.47. The van der Waals surface area contributed by atoms with Crippen molar-refractivity contribution in [3.63, 3.8) is 0 Å². The average molecular weight is 277 g/mol. The highest BCUT2D eigenvalue weighted by molar-refractivity contribution is 6.08. The number of amides is 2. The van der Waals surface area contributed by atoms with E-state index in [1.807, 2.05) is 4.90 Å². The molecular formula is C16H27N3O. The number of rotatable bonds is 2. The van der Waals surface area contributed by atoms with Gasteiger partial charge >= 0.3 is 6.03 Å². The first-order chi connectivity index (χ1) is 9.35. The Kier molecular flexibility index (Phi) is 3.11. The minimum Gasteiger partial charge on any atom is -0.311 e. The standard InChI is InChI=1S/C16H27N3O/c1-15(2,3)12-6-4-5-9-16(12)13(17)18-14(20)19(16)10-11-7-8-11/h11-12H,4-10H2,1-3H3,(H2,17,18,20). The van der Waals surface area contributed by atoms with E-state index in [4.69, 9.17) is 5.41 Å². The second-order valence-electron chi connectivity index (χ2n) is 7.95. The summed E-state index contributed by atoms with van der Waals surface area (Å²) >= 11 is 0. The Bertz CT molecular complexity index is 435. The lowest BCUT2D eigenvalue weighted by Crippen LogP contribution is -2.60. The van der Waals surface area contributed by atoms with Crippen molar-refractivity contribution in [2.24, 2.45) is 17.3 Å². The van der Waals surface area contributed by atoms with Gasteiger partial charge in [0.15, 0.2) is 0 Å². The summed E-state index contributed by atoms with van der Waals surface area (Å²) in [5.41, 5.74) is -0.225. The largest absolute Gasteiger partial charge is 0.323 e. The summed E-state index contributed by atoms with van der Waals surface area (Å²) in [5.74, 6) is 1.52. The summed E-state index contributed by atoms with van der Waals surface area (Å²) in [6, 6.07) is -0.0296. The van der Waals surface area contributed by atoms with Gasteiger partial charge in [-0.1, -0.05) is 33.6 Å². The predicted molar refractivity (Wildman–Crippen MR) is 79.8 cm³/mol. The average Bonchev–Trinajstić information content (AvgIpc) is 3.14. The zero-order chi connectivity index (χ0) is 14.5. The number of urea groups is 1. The molecule has 3 aliphatic rings. The normalized spacial score (nSPS) is 34.8. The van der Waals surface area contributed by atoms with E-state index in [-0.39, 0.29) is 17.0 Å². The molecule has 2 atom stereocenters. The molecule has 0 aromatic rings. The van der Waals surface area contributed by atoms with Crippen LogP contribution in [0.3, 0.4) is 0 Å². The minimum atomic E-state index is -0.351. The van der Waals surface area contributed by atoms with Gasteiger partial charge in [-0.25, -0.2) is 4.79 Å². The Morgan fingerprint density at radius 1 is 1.30 bits per heavy atom. The van der Waals surface area contributed by atoms with Crippen molar-refractivity contribution in [2.45, 2.75) is 64.8 Å². The molecule has 1 heterocycles. The minimum absolute atomic E-state index is 0.0296. The van der Waals surface area contributed by atoms with Gasteiger partial charge in [0.1, 0.15) is 11.4 Å². The number of amidine groups is 1. The van der Waals surface area contributed by atoms with Crippen molar-refractivity contribution in [2.75, 3.05) is 6.54 Å². The quantitative estimate of drug-likeness (QED) is 0.799. The molecule has 3 rings (SSSR count). The lowest BCUT2D eigenvalue weighted by Gasteiger charge is -2.51. The molecule has 1 aliphatic heterocycles. The number of carbonyl (C=O) groups excluding carboxylic acids is 1. The number of nitrogens with one attached hydrogen (secondary N) is 2. The molecule has 2 saturated carbocycles. The van der Waals surface area contributed by atoms with Crippen LogP contribution in [-0.2, 0) is 0 Å². The molecule has 2 aliphatic carbocycles. The predicted octanol–water partition coefficient (Wildman–Crippen LogP) is 3.37. The van der Waals surface area contributed by atoms with Crippen LogP contribution in [0.5, 0.6) is 0 Å². The molecule has 2 N–H and O–H groups in total. The molecule has 20 heavy (non-hydrogen) atoms. The van der Waals surface area contributed by atoms with Crippen molar-refractivity contribution >= 4 is 11.9 Å². The van der Waals surface area contributed by atoms with Gasteiger partial charge in [-0.2, -0.15) is 0 Å². The van der Waals surface area contributed by atoms with Crippen LogP contribution in [0.15, 0.2) is 0 Å². The van der Waals surface area contributed by atoms with Crippen molar-refractivity contribution in [1.82, 2.24) is 10.2 Å². The zero-order valence-electron chi connectivity index (χ0n) is 13.0. The fraction of sp³-hybridized carbons (Fsp3) is 0.875. The Morgan fingerprint density at radius 2 is 2.00 bits per heavy atom. The van der Waals surface area contributed by atoms with Crippen LogP contribution >= 0.6 is 0 Å². The van der Waals surface area contributed by atoms with E-state index in [1.165, 1.54) is 19.3 Å². The number of nitrogens with zero attached hydrogens (tertiary/aromatic N) is 1. The number of carbonyl (C=O) groups is 1. The highest BCUT2D eigenvalue weighted by atomic mass is 16.2. The lowest BCUT2D eigenvalue weighted by atomic mass is 9.61.